The summed E-state index contributed by atoms with van der Waals surface area (Å²) in [6, 6.07) is 7.18. The molecular formula is C14H15ClN2O4S. The van der Waals surface area contributed by atoms with Gasteiger partial charge in [0.2, 0.25) is 15.6 Å². The van der Waals surface area contributed by atoms with Crippen LogP contribution in [-0.4, -0.2) is 20.1 Å². The van der Waals surface area contributed by atoms with Crippen LogP contribution in [0.5, 0.6) is 5.75 Å². The maximum atomic E-state index is 12.2. The summed E-state index contributed by atoms with van der Waals surface area (Å²) in [6.45, 7) is 0.0695. The molecule has 1 aromatic heterocycles. The van der Waals surface area contributed by atoms with Gasteiger partial charge in [-0.3, -0.25) is 4.79 Å². The lowest BCUT2D eigenvalue weighted by molar-refractivity contribution is 0.414. The van der Waals surface area contributed by atoms with Gasteiger partial charge in [0, 0.05) is 25.9 Å². The summed E-state index contributed by atoms with van der Waals surface area (Å²) in [6.07, 6.45) is 1.58. The number of aromatic nitrogens is 1. The molecule has 1 heterocycles. The maximum absolute atomic E-state index is 12.2. The molecular weight excluding hydrogens is 328 g/mol. The van der Waals surface area contributed by atoms with Crippen LogP contribution in [-0.2, 0) is 23.6 Å². The fourth-order valence-electron chi connectivity index (χ4n) is 1.83. The molecule has 6 nitrogen and oxygen atoms in total. The predicted octanol–water partition coefficient (Wildman–Crippen LogP) is 1.53. The van der Waals surface area contributed by atoms with E-state index in [1.165, 1.54) is 35.9 Å². The molecule has 0 amide bonds. The molecule has 0 atom stereocenters. The van der Waals surface area contributed by atoms with E-state index in [9.17, 15) is 13.2 Å². The average molecular weight is 343 g/mol. The van der Waals surface area contributed by atoms with Crippen molar-refractivity contribution in [3.05, 3.63) is 57.5 Å². The summed E-state index contributed by atoms with van der Waals surface area (Å²) >= 11 is 5.94. The third-order valence-corrected chi connectivity index (χ3v) is 4.74. The highest BCUT2D eigenvalue weighted by molar-refractivity contribution is 7.89. The smallest absolute Gasteiger partial charge is 0.250 e. The molecule has 0 radical (unpaired) electrons. The zero-order valence-corrected chi connectivity index (χ0v) is 13.6. The highest BCUT2D eigenvalue weighted by Gasteiger charge is 2.15. The van der Waals surface area contributed by atoms with Crippen LogP contribution in [0.3, 0.4) is 0 Å². The first kappa shape index (κ1) is 16.5. The Kier molecular flexibility index (Phi) is 4.90. The number of pyridine rings is 1. The lowest BCUT2D eigenvalue weighted by atomic mass is 10.3. The normalized spacial score (nSPS) is 11.4. The van der Waals surface area contributed by atoms with Crippen molar-refractivity contribution in [3.8, 4) is 5.75 Å². The van der Waals surface area contributed by atoms with E-state index in [0.717, 1.165) is 0 Å². The molecule has 0 spiro atoms. The van der Waals surface area contributed by atoms with Crippen LogP contribution in [0, 0.1) is 0 Å². The Balaban J connectivity index is 2.18. The summed E-state index contributed by atoms with van der Waals surface area (Å²) in [5.41, 5.74) is 0.513. The van der Waals surface area contributed by atoms with Crippen molar-refractivity contribution in [2.75, 3.05) is 7.11 Å². The van der Waals surface area contributed by atoms with E-state index in [4.69, 9.17) is 16.3 Å². The monoisotopic (exact) mass is 342 g/mol. The number of rotatable bonds is 5. The Bertz CT molecular complexity index is 846. The van der Waals surface area contributed by atoms with E-state index in [-0.39, 0.29) is 22.0 Å². The Labute approximate surface area is 133 Å². The molecule has 0 bridgehead atoms. The van der Waals surface area contributed by atoms with Gasteiger partial charge in [-0.1, -0.05) is 17.7 Å². The van der Waals surface area contributed by atoms with Gasteiger partial charge >= 0.3 is 0 Å². The minimum absolute atomic E-state index is 0.0446. The van der Waals surface area contributed by atoms with Crippen LogP contribution in [0.2, 0.25) is 5.02 Å². The number of nitrogens with one attached hydrogen (secondary N) is 1. The first-order chi connectivity index (χ1) is 10.3. The Morgan fingerprint density at radius 3 is 2.59 bits per heavy atom. The number of methoxy groups -OCH3 is 1. The van der Waals surface area contributed by atoms with Gasteiger partial charge in [-0.05, 0) is 23.8 Å². The molecule has 8 heteroatoms. The number of aryl methyl sites for hydroxylation is 1. The quantitative estimate of drug-likeness (QED) is 0.893. The average Bonchev–Trinajstić information content (AvgIpc) is 2.48. The van der Waals surface area contributed by atoms with Crippen molar-refractivity contribution in [3.63, 3.8) is 0 Å². The van der Waals surface area contributed by atoms with E-state index in [1.54, 1.807) is 19.3 Å². The number of hydrogen-bond donors (Lipinski definition) is 1. The van der Waals surface area contributed by atoms with Gasteiger partial charge in [0.05, 0.1) is 17.0 Å². The van der Waals surface area contributed by atoms with Gasteiger partial charge < -0.3 is 9.30 Å². The van der Waals surface area contributed by atoms with E-state index < -0.39 is 10.0 Å². The fraction of sp³-hybridized carbons (Fsp3) is 0.214. The van der Waals surface area contributed by atoms with E-state index in [1.807, 2.05) is 0 Å². The second kappa shape index (κ2) is 6.51. The van der Waals surface area contributed by atoms with Gasteiger partial charge in [-0.15, -0.1) is 0 Å². The van der Waals surface area contributed by atoms with Crippen molar-refractivity contribution >= 4 is 21.6 Å². The molecule has 0 saturated heterocycles. The number of sulfonamides is 1. The number of ether oxygens (including phenoxy) is 1. The van der Waals surface area contributed by atoms with Gasteiger partial charge in [0.25, 0.3) is 0 Å². The first-order valence-corrected chi connectivity index (χ1v) is 8.18. The highest BCUT2D eigenvalue weighted by Crippen LogP contribution is 2.26. The minimum atomic E-state index is -3.71. The summed E-state index contributed by atoms with van der Waals surface area (Å²) < 4.78 is 33.3. The number of hydrogen-bond acceptors (Lipinski definition) is 4. The van der Waals surface area contributed by atoms with E-state index >= 15 is 0 Å². The summed E-state index contributed by atoms with van der Waals surface area (Å²) in [4.78, 5) is 11.3. The second-order valence-corrected chi connectivity index (χ2v) is 6.78. The van der Waals surface area contributed by atoms with Gasteiger partial charge in [-0.2, -0.15) is 0 Å². The Morgan fingerprint density at radius 2 is 2.00 bits per heavy atom. The molecule has 0 unspecified atom stereocenters. The molecule has 0 aliphatic heterocycles. The van der Waals surface area contributed by atoms with Crippen LogP contribution in [0.15, 0.2) is 46.2 Å². The first-order valence-electron chi connectivity index (χ1n) is 6.32. The molecule has 118 valence electrons. The molecule has 0 fully saturated rings. The van der Waals surface area contributed by atoms with Crippen LogP contribution >= 0.6 is 11.6 Å². The maximum Gasteiger partial charge on any atom is 0.250 e. The van der Waals surface area contributed by atoms with Crippen LogP contribution in [0.1, 0.15) is 5.56 Å². The lowest BCUT2D eigenvalue weighted by Gasteiger charge is -2.09. The summed E-state index contributed by atoms with van der Waals surface area (Å²) in [5, 5.41) is 0.215. The van der Waals surface area contributed by atoms with Crippen LogP contribution < -0.4 is 15.0 Å². The standard InChI is InChI=1S/C14H15ClN2O4S/c1-17-9-10(3-6-14(17)18)8-16-22(19,20)11-4-5-13(21-2)12(15)7-11/h3-7,9,16H,8H2,1-2H3. The lowest BCUT2D eigenvalue weighted by Crippen LogP contribution is -2.24. The molecule has 2 aromatic rings. The summed E-state index contributed by atoms with van der Waals surface area (Å²) in [7, 11) is -0.654. The largest absolute Gasteiger partial charge is 0.495 e. The number of nitrogens with zero attached hydrogens (tertiary/aromatic N) is 1. The van der Waals surface area contributed by atoms with Gasteiger partial charge in [0.15, 0.2) is 0 Å². The second-order valence-electron chi connectivity index (χ2n) is 4.61. The van der Waals surface area contributed by atoms with Gasteiger partial charge in [-0.25, -0.2) is 13.1 Å². The predicted molar refractivity (Wildman–Crippen MR) is 83.7 cm³/mol. The third kappa shape index (κ3) is 3.68. The van der Waals surface area contributed by atoms with E-state index in [0.29, 0.717) is 11.3 Å². The highest BCUT2D eigenvalue weighted by atomic mass is 35.5. The minimum Gasteiger partial charge on any atom is -0.495 e. The zero-order valence-electron chi connectivity index (χ0n) is 12.0. The molecule has 22 heavy (non-hydrogen) atoms. The topological polar surface area (TPSA) is 77.4 Å². The molecule has 2 rings (SSSR count). The van der Waals surface area contributed by atoms with Gasteiger partial charge in [0.1, 0.15) is 5.75 Å². The zero-order chi connectivity index (χ0) is 16.3. The van der Waals surface area contributed by atoms with Crippen molar-refractivity contribution in [1.29, 1.82) is 0 Å². The molecule has 0 saturated carbocycles. The molecule has 0 aliphatic carbocycles. The Hall–Kier alpha value is -1.83. The van der Waals surface area contributed by atoms with Crippen LogP contribution in [0.25, 0.3) is 0 Å². The SMILES string of the molecule is COc1ccc(S(=O)(=O)NCc2ccc(=O)n(C)c2)cc1Cl. The van der Waals surface area contributed by atoms with Crippen molar-refractivity contribution in [2.45, 2.75) is 11.4 Å². The third-order valence-electron chi connectivity index (χ3n) is 3.05. The molecule has 0 aliphatic rings. The summed E-state index contributed by atoms with van der Waals surface area (Å²) in [5.74, 6) is 0.402. The molecule has 1 aromatic carbocycles. The van der Waals surface area contributed by atoms with Crippen LogP contribution in [0.4, 0.5) is 0 Å². The molecule has 1 N–H and O–H groups in total. The van der Waals surface area contributed by atoms with Crippen molar-refractivity contribution < 1.29 is 13.2 Å². The van der Waals surface area contributed by atoms with Crippen molar-refractivity contribution in [2.24, 2.45) is 7.05 Å². The number of halogens is 1. The van der Waals surface area contributed by atoms with E-state index in [2.05, 4.69) is 4.72 Å². The Morgan fingerprint density at radius 1 is 1.27 bits per heavy atom. The van der Waals surface area contributed by atoms with Crippen molar-refractivity contribution in [1.82, 2.24) is 9.29 Å². The fourth-order valence-corrected chi connectivity index (χ4v) is 3.20. The number of benzene rings is 1.